The van der Waals surface area contributed by atoms with Gasteiger partial charge in [0.05, 0.1) is 5.75 Å². The van der Waals surface area contributed by atoms with Gasteiger partial charge in [-0.15, -0.1) is 11.8 Å². The molecule has 7 heteroatoms. The Bertz CT molecular complexity index is 888. The van der Waals surface area contributed by atoms with Gasteiger partial charge in [0, 0.05) is 28.4 Å². The topological polar surface area (TPSA) is 49.4 Å². The normalized spacial score (nSPS) is 14.9. The standard InChI is InChI=1S/C24H28Cl2N2O2S/c1-17(24(30)27-21-9-5-6-10-21)28(14-19-11-12-20(25)13-22(19)26)23(29)16-31-15-18-7-3-2-4-8-18/h2-4,7-8,11-13,17,21H,5-6,9-10,14-16H2,1H3,(H,27,30). The minimum absolute atomic E-state index is 0.0824. The predicted molar refractivity (Wildman–Crippen MR) is 129 cm³/mol. The van der Waals surface area contributed by atoms with Crippen LogP contribution in [-0.2, 0) is 21.9 Å². The molecular weight excluding hydrogens is 451 g/mol. The lowest BCUT2D eigenvalue weighted by atomic mass is 10.1. The Labute approximate surface area is 198 Å². The van der Waals surface area contributed by atoms with Crippen LogP contribution in [-0.4, -0.2) is 34.6 Å². The first kappa shape index (κ1) is 24.0. The molecule has 166 valence electrons. The maximum absolute atomic E-state index is 13.2. The summed E-state index contributed by atoms with van der Waals surface area (Å²) in [4.78, 5) is 27.7. The Hall–Kier alpha value is -1.69. The van der Waals surface area contributed by atoms with Crippen LogP contribution in [0.4, 0.5) is 0 Å². The van der Waals surface area contributed by atoms with Crippen LogP contribution < -0.4 is 5.32 Å². The van der Waals surface area contributed by atoms with Crippen LogP contribution in [0.2, 0.25) is 10.0 Å². The van der Waals surface area contributed by atoms with Crippen molar-refractivity contribution < 1.29 is 9.59 Å². The molecule has 1 aliphatic carbocycles. The minimum Gasteiger partial charge on any atom is -0.352 e. The molecule has 4 nitrogen and oxygen atoms in total. The average Bonchev–Trinajstić information content (AvgIpc) is 3.26. The van der Waals surface area contributed by atoms with E-state index in [0.717, 1.165) is 37.0 Å². The number of nitrogens with one attached hydrogen (secondary N) is 1. The van der Waals surface area contributed by atoms with E-state index in [9.17, 15) is 9.59 Å². The molecule has 1 aliphatic rings. The highest BCUT2D eigenvalue weighted by atomic mass is 35.5. The highest BCUT2D eigenvalue weighted by Gasteiger charge is 2.28. The van der Waals surface area contributed by atoms with E-state index in [1.54, 1.807) is 35.7 Å². The van der Waals surface area contributed by atoms with Gasteiger partial charge in [-0.25, -0.2) is 0 Å². The van der Waals surface area contributed by atoms with Crippen molar-refractivity contribution in [3.05, 3.63) is 69.7 Å². The van der Waals surface area contributed by atoms with Gasteiger partial charge in [-0.2, -0.15) is 0 Å². The van der Waals surface area contributed by atoms with E-state index >= 15 is 0 Å². The number of nitrogens with zero attached hydrogens (tertiary/aromatic N) is 1. The summed E-state index contributed by atoms with van der Waals surface area (Å²) < 4.78 is 0. The molecule has 1 atom stereocenters. The van der Waals surface area contributed by atoms with Crippen LogP contribution in [0.25, 0.3) is 0 Å². The van der Waals surface area contributed by atoms with Crippen LogP contribution in [0, 0.1) is 0 Å². The van der Waals surface area contributed by atoms with Gasteiger partial charge in [-0.3, -0.25) is 9.59 Å². The lowest BCUT2D eigenvalue weighted by Crippen LogP contribution is -2.50. The van der Waals surface area contributed by atoms with Crippen molar-refractivity contribution in [3.8, 4) is 0 Å². The molecule has 0 saturated heterocycles. The van der Waals surface area contributed by atoms with Gasteiger partial charge in [0.25, 0.3) is 0 Å². The van der Waals surface area contributed by atoms with Crippen molar-refractivity contribution in [1.29, 1.82) is 0 Å². The smallest absolute Gasteiger partial charge is 0.242 e. The van der Waals surface area contributed by atoms with Crippen LogP contribution >= 0.6 is 35.0 Å². The third kappa shape index (κ3) is 7.16. The largest absolute Gasteiger partial charge is 0.352 e. The molecule has 1 saturated carbocycles. The number of amides is 2. The van der Waals surface area contributed by atoms with E-state index in [2.05, 4.69) is 5.32 Å². The van der Waals surface area contributed by atoms with E-state index in [4.69, 9.17) is 23.2 Å². The molecule has 3 rings (SSSR count). The van der Waals surface area contributed by atoms with Crippen molar-refractivity contribution >= 4 is 46.8 Å². The number of hydrogen-bond acceptors (Lipinski definition) is 3. The number of carbonyl (C=O) groups is 2. The molecule has 2 aromatic carbocycles. The first-order valence-corrected chi connectivity index (χ1v) is 12.5. The monoisotopic (exact) mass is 478 g/mol. The van der Waals surface area contributed by atoms with E-state index in [-0.39, 0.29) is 24.4 Å². The molecule has 0 aliphatic heterocycles. The molecule has 1 unspecified atom stereocenters. The van der Waals surface area contributed by atoms with Gasteiger partial charge in [0.15, 0.2) is 0 Å². The highest BCUT2D eigenvalue weighted by Crippen LogP contribution is 2.24. The Morgan fingerprint density at radius 2 is 1.84 bits per heavy atom. The van der Waals surface area contributed by atoms with E-state index in [1.165, 1.54) is 5.56 Å². The summed E-state index contributed by atoms with van der Waals surface area (Å²) in [6, 6.07) is 14.9. The maximum atomic E-state index is 13.2. The summed E-state index contributed by atoms with van der Waals surface area (Å²) in [7, 11) is 0. The lowest BCUT2D eigenvalue weighted by Gasteiger charge is -2.30. The second-order valence-corrected chi connectivity index (χ2v) is 9.73. The van der Waals surface area contributed by atoms with E-state index in [1.807, 2.05) is 36.4 Å². The second kappa shape index (κ2) is 11.8. The fourth-order valence-electron chi connectivity index (χ4n) is 3.72. The Morgan fingerprint density at radius 3 is 2.52 bits per heavy atom. The zero-order chi connectivity index (χ0) is 22.2. The summed E-state index contributed by atoms with van der Waals surface area (Å²) in [5, 5.41) is 4.14. The molecule has 1 N–H and O–H groups in total. The van der Waals surface area contributed by atoms with E-state index in [0.29, 0.717) is 15.8 Å². The number of halogens is 2. The van der Waals surface area contributed by atoms with Gasteiger partial charge in [0.1, 0.15) is 6.04 Å². The van der Waals surface area contributed by atoms with Gasteiger partial charge >= 0.3 is 0 Å². The molecule has 2 amide bonds. The minimum atomic E-state index is -0.586. The molecule has 0 bridgehead atoms. The molecule has 2 aromatic rings. The zero-order valence-electron chi connectivity index (χ0n) is 17.7. The first-order valence-electron chi connectivity index (χ1n) is 10.6. The molecule has 0 aromatic heterocycles. The predicted octanol–water partition coefficient (Wildman–Crippen LogP) is 5.70. The molecule has 0 radical (unpaired) electrons. The number of carbonyl (C=O) groups excluding carboxylic acids is 2. The molecule has 31 heavy (non-hydrogen) atoms. The summed E-state index contributed by atoms with van der Waals surface area (Å²) in [5.74, 6) is 0.839. The molecule has 0 heterocycles. The number of thioether (sulfide) groups is 1. The third-order valence-corrected chi connectivity index (χ3v) is 7.14. The zero-order valence-corrected chi connectivity index (χ0v) is 20.0. The third-order valence-electron chi connectivity index (χ3n) is 5.56. The van der Waals surface area contributed by atoms with Crippen LogP contribution in [0.3, 0.4) is 0 Å². The molecule has 1 fully saturated rings. The lowest BCUT2D eigenvalue weighted by molar-refractivity contribution is -0.138. The van der Waals surface area contributed by atoms with Crippen LogP contribution in [0.5, 0.6) is 0 Å². The maximum Gasteiger partial charge on any atom is 0.242 e. The van der Waals surface area contributed by atoms with Crippen molar-refractivity contribution in [2.24, 2.45) is 0 Å². The Balaban J connectivity index is 1.68. The quantitative estimate of drug-likeness (QED) is 0.502. The Morgan fingerprint density at radius 1 is 1.13 bits per heavy atom. The summed E-state index contributed by atoms with van der Waals surface area (Å²) in [6.45, 7) is 2.05. The number of benzene rings is 2. The fraction of sp³-hybridized carbons (Fsp3) is 0.417. The van der Waals surface area contributed by atoms with Crippen molar-refractivity contribution in [2.45, 2.75) is 57.0 Å². The Kier molecular flexibility index (Phi) is 9.12. The number of rotatable bonds is 9. The van der Waals surface area contributed by atoms with Crippen molar-refractivity contribution in [1.82, 2.24) is 10.2 Å². The molecule has 0 spiro atoms. The average molecular weight is 479 g/mol. The van der Waals surface area contributed by atoms with Gasteiger partial charge in [-0.1, -0.05) is 72.4 Å². The first-order chi connectivity index (χ1) is 14.9. The van der Waals surface area contributed by atoms with Gasteiger partial charge < -0.3 is 10.2 Å². The molecular formula is C24H28Cl2N2O2S. The van der Waals surface area contributed by atoms with Crippen LogP contribution in [0.15, 0.2) is 48.5 Å². The SMILES string of the molecule is CC(C(=O)NC1CCCC1)N(Cc1ccc(Cl)cc1Cl)C(=O)CSCc1ccccc1. The van der Waals surface area contributed by atoms with E-state index < -0.39 is 6.04 Å². The van der Waals surface area contributed by atoms with Crippen molar-refractivity contribution in [2.75, 3.05) is 5.75 Å². The summed E-state index contributed by atoms with van der Waals surface area (Å²) in [6.07, 6.45) is 4.28. The van der Waals surface area contributed by atoms with Gasteiger partial charge in [0.2, 0.25) is 11.8 Å². The van der Waals surface area contributed by atoms with Crippen molar-refractivity contribution in [3.63, 3.8) is 0 Å². The second-order valence-electron chi connectivity index (χ2n) is 7.90. The fourth-order valence-corrected chi connectivity index (χ4v) is 5.06. The summed E-state index contributed by atoms with van der Waals surface area (Å²) >= 11 is 13.9. The van der Waals surface area contributed by atoms with Gasteiger partial charge in [-0.05, 0) is 43.0 Å². The number of hydrogen-bond donors (Lipinski definition) is 1. The summed E-state index contributed by atoms with van der Waals surface area (Å²) in [5.41, 5.74) is 1.94. The van der Waals surface area contributed by atoms with Crippen LogP contribution in [0.1, 0.15) is 43.7 Å². The highest BCUT2D eigenvalue weighted by molar-refractivity contribution is 7.99.